The molecule has 1 atom stereocenters. The van der Waals surface area contributed by atoms with Crippen LogP contribution in [0.2, 0.25) is 0 Å². The van der Waals surface area contributed by atoms with Gasteiger partial charge < -0.3 is 10.4 Å². The molecule has 0 aliphatic heterocycles. The number of nitrogens with zero attached hydrogens (tertiary/aromatic N) is 1. The Kier molecular flexibility index (Phi) is 4.70. The number of amides is 1. The highest BCUT2D eigenvalue weighted by Gasteiger charge is 2.60. The summed E-state index contributed by atoms with van der Waals surface area (Å²) in [5.74, 6) is -2.17. The van der Waals surface area contributed by atoms with Gasteiger partial charge in [0.25, 0.3) is 11.5 Å². The van der Waals surface area contributed by atoms with Crippen molar-refractivity contribution in [2.24, 2.45) is 0 Å². The van der Waals surface area contributed by atoms with Crippen molar-refractivity contribution in [3.8, 4) is 0 Å². The summed E-state index contributed by atoms with van der Waals surface area (Å²) in [6, 6.07) is 7.47. The van der Waals surface area contributed by atoms with Gasteiger partial charge >= 0.3 is 6.18 Å². The molecule has 1 aliphatic carbocycles. The van der Waals surface area contributed by atoms with Crippen molar-refractivity contribution in [3.63, 3.8) is 0 Å². The molecule has 0 radical (unpaired) electrons. The van der Waals surface area contributed by atoms with Crippen molar-refractivity contribution in [1.82, 2.24) is 10.3 Å². The first-order valence-electron chi connectivity index (χ1n) is 8.00. The molecule has 4 nitrogen and oxygen atoms in total. The van der Waals surface area contributed by atoms with Crippen molar-refractivity contribution in [2.45, 2.75) is 37.1 Å². The number of benzene rings is 1. The fourth-order valence-corrected chi connectivity index (χ4v) is 2.64. The van der Waals surface area contributed by atoms with Gasteiger partial charge in [0.2, 0.25) is 0 Å². The maximum Gasteiger partial charge on any atom is 0.430 e. The second-order valence-corrected chi connectivity index (χ2v) is 6.23. The zero-order chi connectivity index (χ0) is 18.9. The Morgan fingerprint density at radius 2 is 1.88 bits per heavy atom. The maximum atomic E-state index is 13.9. The van der Waals surface area contributed by atoms with Crippen LogP contribution in [-0.4, -0.2) is 22.2 Å². The standard InChI is InChI=1S/C18H16F4N2O2/c19-14-10-23-15(11-6-7-11)8-12(14)9-24-16(25)17(26,18(20,21)22)13-4-2-1-3-5-13/h1-5,8,10-11,26H,6-7,9H2,(H,24,25). The van der Waals surface area contributed by atoms with E-state index in [2.05, 4.69) is 4.98 Å². The molecule has 2 aromatic rings. The van der Waals surface area contributed by atoms with E-state index in [1.807, 2.05) is 5.32 Å². The van der Waals surface area contributed by atoms with E-state index in [1.54, 1.807) is 0 Å². The molecule has 1 aromatic carbocycles. The molecule has 1 aliphatic rings. The van der Waals surface area contributed by atoms with Gasteiger partial charge in [-0.2, -0.15) is 13.2 Å². The van der Waals surface area contributed by atoms with Gasteiger partial charge in [0.1, 0.15) is 5.82 Å². The fourth-order valence-electron chi connectivity index (χ4n) is 2.64. The molecular weight excluding hydrogens is 352 g/mol. The lowest BCUT2D eigenvalue weighted by Gasteiger charge is -2.29. The molecule has 1 aromatic heterocycles. The van der Waals surface area contributed by atoms with Gasteiger partial charge in [-0.05, 0) is 18.9 Å². The highest BCUT2D eigenvalue weighted by atomic mass is 19.4. The molecule has 1 heterocycles. The highest BCUT2D eigenvalue weighted by Crippen LogP contribution is 2.40. The quantitative estimate of drug-likeness (QED) is 0.797. The third kappa shape index (κ3) is 3.41. The molecule has 0 saturated heterocycles. The molecule has 8 heteroatoms. The first-order chi connectivity index (χ1) is 12.2. The predicted octanol–water partition coefficient (Wildman–Crippen LogP) is 3.16. The van der Waals surface area contributed by atoms with Gasteiger partial charge in [0.15, 0.2) is 0 Å². The molecule has 26 heavy (non-hydrogen) atoms. The summed E-state index contributed by atoms with van der Waals surface area (Å²) in [6.45, 7) is -0.488. The summed E-state index contributed by atoms with van der Waals surface area (Å²) in [4.78, 5) is 16.2. The largest absolute Gasteiger partial charge is 0.430 e. The molecule has 2 N–H and O–H groups in total. The van der Waals surface area contributed by atoms with Crippen molar-refractivity contribution in [1.29, 1.82) is 0 Å². The van der Waals surface area contributed by atoms with Gasteiger partial charge in [-0.1, -0.05) is 30.3 Å². The van der Waals surface area contributed by atoms with E-state index in [9.17, 15) is 27.5 Å². The van der Waals surface area contributed by atoms with Crippen LogP contribution in [0.3, 0.4) is 0 Å². The Morgan fingerprint density at radius 1 is 1.23 bits per heavy atom. The number of pyridine rings is 1. The van der Waals surface area contributed by atoms with E-state index >= 15 is 0 Å². The lowest BCUT2D eigenvalue weighted by Crippen LogP contribution is -2.54. The number of carbonyl (C=O) groups is 1. The summed E-state index contributed by atoms with van der Waals surface area (Å²) in [5, 5.41) is 12.1. The van der Waals surface area contributed by atoms with Crippen molar-refractivity contribution in [2.75, 3.05) is 0 Å². The Morgan fingerprint density at radius 3 is 2.46 bits per heavy atom. The van der Waals surface area contributed by atoms with Gasteiger partial charge in [0, 0.05) is 29.3 Å². The number of halogens is 4. The molecule has 1 fully saturated rings. The fraction of sp³-hybridized carbons (Fsp3) is 0.333. The molecular formula is C18H16F4N2O2. The molecule has 0 spiro atoms. The number of nitrogens with one attached hydrogen (secondary N) is 1. The van der Waals surface area contributed by atoms with Gasteiger partial charge in [-0.25, -0.2) is 4.39 Å². The topological polar surface area (TPSA) is 62.2 Å². The zero-order valence-electron chi connectivity index (χ0n) is 13.6. The Bertz CT molecular complexity index is 807. The monoisotopic (exact) mass is 368 g/mol. The minimum atomic E-state index is -5.24. The third-order valence-corrected chi connectivity index (χ3v) is 4.32. The minimum absolute atomic E-state index is 0.0211. The summed E-state index contributed by atoms with van der Waals surface area (Å²) < 4.78 is 54.1. The lowest BCUT2D eigenvalue weighted by molar-refractivity contribution is -0.257. The molecule has 3 rings (SSSR count). The number of hydrogen-bond donors (Lipinski definition) is 2. The minimum Gasteiger partial charge on any atom is -0.369 e. The summed E-state index contributed by atoms with van der Waals surface area (Å²) in [5.41, 5.74) is -3.67. The molecule has 138 valence electrons. The number of rotatable bonds is 5. The average molecular weight is 368 g/mol. The van der Waals surface area contributed by atoms with Crippen LogP contribution in [0.1, 0.15) is 35.6 Å². The van der Waals surface area contributed by atoms with E-state index in [-0.39, 0.29) is 11.5 Å². The van der Waals surface area contributed by atoms with Crippen molar-refractivity contribution < 1.29 is 27.5 Å². The van der Waals surface area contributed by atoms with Crippen LogP contribution in [0, 0.1) is 5.82 Å². The summed E-state index contributed by atoms with van der Waals surface area (Å²) >= 11 is 0. The van der Waals surface area contributed by atoms with Crippen LogP contribution >= 0.6 is 0 Å². The molecule has 1 unspecified atom stereocenters. The van der Waals surface area contributed by atoms with Crippen LogP contribution < -0.4 is 5.32 Å². The smallest absolute Gasteiger partial charge is 0.369 e. The van der Waals surface area contributed by atoms with E-state index in [1.165, 1.54) is 24.3 Å². The van der Waals surface area contributed by atoms with E-state index < -0.39 is 35.6 Å². The number of aliphatic hydroxyl groups is 1. The predicted molar refractivity (Wildman–Crippen MR) is 84.4 cm³/mol. The van der Waals surface area contributed by atoms with Crippen LogP contribution in [-0.2, 0) is 16.9 Å². The Hall–Kier alpha value is -2.48. The number of alkyl halides is 3. The second kappa shape index (κ2) is 6.68. The van der Waals surface area contributed by atoms with E-state index in [4.69, 9.17) is 0 Å². The third-order valence-electron chi connectivity index (χ3n) is 4.32. The first-order valence-corrected chi connectivity index (χ1v) is 8.00. The van der Waals surface area contributed by atoms with Crippen LogP contribution in [0.5, 0.6) is 0 Å². The Balaban J connectivity index is 1.82. The molecule has 1 amide bonds. The summed E-state index contributed by atoms with van der Waals surface area (Å²) in [6.07, 6.45) is -2.41. The van der Waals surface area contributed by atoms with Gasteiger partial charge in [-0.3, -0.25) is 9.78 Å². The first kappa shape index (κ1) is 18.3. The van der Waals surface area contributed by atoms with Crippen molar-refractivity contribution >= 4 is 5.91 Å². The van der Waals surface area contributed by atoms with Crippen LogP contribution in [0.15, 0.2) is 42.6 Å². The maximum absolute atomic E-state index is 13.9. The van der Waals surface area contributed by atoms with Gasteiger partial charge in [-0.15, -0.1) is 0 Å². The number of carbonyl (C=O) groups excluding carboxylic acids is 1. The summed E-state index contributed by atoms with van der Waals surface area (Å²) in [7, 11) is 0. The number of hydrogen-bond acceptors (Lipinski definition) is 3. The SMILES string of the molecule is O=C(NCc1cc(C2CC2)ncc1F)C(O)(c1ccccc1)C(F)(F)F. The highest BCUT2D eigenvalue weighted by molar-refractivity contribution is 5.87. The van der Waals surface area contributed by atoms with Crippen LogP contribution in [0.25, 0.3) is 0 Å². The molecule has 0 bridgehead atoms. The van der Waals surface area contributed by atoms with Gasteiger partial charge in [0.05, 0.1) is 6.20 Å². The zero-order valence-corrected chi connectivity index (χ0v) is 13.6. The second-order valence-electron chi connectivity index (χ2n) is 6.23. The van der Waals surface area contributed by atoms with E-state index in [0.29, 0.717) is 5.69 Å². The van der Waals surface area contributed by atoms with E-state index in [0.717, 1.165) is 31.2 Å². The average Bonchev–Trinajstić information content (AvgIpc) is 3.45. The van der Waals surface area contributed by atoms with Crippen LogP contribution in [0.4, 0.5) is 17.6 Å². The normalized spacial score (nSPS) is 16.8. The Labute approximate surface area is 146 Å². The molecule has 1 saturated carbocycles. The lowest BCUT2D eigenvalue weighted by atomic mass is 9.92. The van der Waals surface area contributed by atoms with Crippen molar-refractivity contribution in [3.05, 3.63) is 65.2 Å². The number of aromatic nitrogens is 1.